The Morgan fingerprint density at radius 3 is 2.57 bits per heavy atom. The molecule has 0 saturated heterocycles. The smallest absolute Gasteiger partial charge is 0.221 e. The Labute approximate surface area is 128 Å². The highest BCUT2D eigenvalue weighted by molar-refractivity contribution is 6.31. The number of hydrogen-bond donors (Lipinski definition) is 2. The number of carbonyl (C=O) groups is 1. The number of rotatable bonds is 1. The first-order chi connectivity index (χ1) is 10.0. The van der Waals surface area contributed by atoms with Crippen LogP contribution in [0.3, 0.4) is 0 Å². The third-order valence-electron chi connectivity index (χ3n) is 2.78. The zero-order chi connectivity index (χ0) is 15.2. The molecule has 2 aromatic carbocycles. The summed E-state index contributed by atoms with van der Waals surface area (Å²) in [6, 6.07) is 13.3. The fourth-order valence-corrected chi connectivity index (χ4v) is 1.92. The summed E-state index contributed by atoms with van der Waals surface area (Å²) in [5.41, 5.74) is 3.02. The Hall–Kier alpha value is -2.33. The Morgan fingerprint density at radius 1 is 1.19 bits per heavy atom. The summed E-state index contributed by atoms with van der Waals surface area (Å²) < 4.78 is 0. The molecule has 0 fully saturated rings. The molecule has 0 atom stereocenters. The van der Waals surface area contributed by atoms with Crippen molar-refractivity contribution in [3.8, 4) is 0 Å². The lowest BCUT2D eigenvalue weighted by Crippen LogP contribution is -2.05. The second-order valence-electron chi connectivity index (χ2n) is 4.65. The van der Waals surface area contributed by atoms with Crippen molar-refractivity contribution < 1.29 is 4.79 Å². The Kier molecular flexibility index (Phi) is 4.95. The monoisotopic (exact) mass is 301 g/mol. The van der Waals surface area contributed by atoms with E-state index in [0.29, 0.717) is 0 Å². The first-order valence-corrected chi connectivity index (χ1v) is 6.85. The molecule has 3 rings (SSSR count). The molecular weight excluding hydrogens is 286 g/mol. The van der Waals surface area contributed by atoms with Crippen LogP contribution in [0.2, 0.25) is 5.02 Å². The molecule has 1 amide bonds. The number of nitrogens with zero attached hydrogens (tertiary/aromatic N) is 1. The number of amides is 1. The summed E-state index contributed by atoms with van der Waals surface area (Å²) in [7, 11) is 0. The molecule has 0 spiro atoms. The molecule has 108 valence electrons. The van der Waals surface area contributed by atoms with Gasteiger partial charge in [0.1, 0.15) is 0 Å². The number of aromatic amines is 1. The minimum Gasteiger partial charge on any atom is -0.326 e. The maximum atomic E-state index is 10.6. The van der Waals surface area contributed by atoms with Gasteiger partial charge in [0.25, 0.3) is 0 Å². The fourth-order valence-electron chi connectivity index (χ4n) is 1.75. The molecule has 0 bridgehead atoms. The number of hydrogen-bond acceptors (Lipinski definition) is 2. The van der Waals surface area contributed by atoms with Crippen LogP contribution in [0.1, 0.15) is 12.5 Å². The molecule has 5 heteroatoms. The van der Waals surface area contributed by atoms with Crippen molar-refractivity contribution in [3.63, 3.8) is 0 Å². The predicted molar refractivity (Wildman–Crippen MR) is 86.6 cm³/mol. The summed E-state index contributed by atoms with van der Waals surface area (Å²) in [6.45, 7) is 3.51. The van der Waals surface area contributed by atoms with Crippen LogP contribution in [0.15, 0.2) is 48.7 Å². The van der Waals surface area contributed by atoms with Crippen molar-refractivity contribution >= 4 is 34.1 Å². The van der Waals surface area contributed by atoms with Gasteiger partial charge >= 0.3 is 0 Å². The second-order valence-corrected chi connectivity index (χ2v) is 5.09. The number of H-pyrrole nitrogens is 1. The van der Waals surface area contributed by atoms with E-state index in [1.807, 2.05) is 49.4 Å². The molecule has 2 N–H and O–H groups in total. The highest BCUT2D eigenvalue weighted by Crippen LogP contribution is 2.15. The Balaban J connectivity index is 0.000000154. The number of aromatic nitrogens is 2. The van der Waals surface area contributed by atoms with E-state index in [4.69, 9.17) is 11.6 Å². The van der Waals surface area contributed by atoms with Gasteiger partial charge in [-0.3, -0.25) is 9.89 Å². The maximum absolute atomic E-state index is 10.6. The van der Waals surface area contributed by atoms with Crippen molar-refractivity contribution in [2.24, 2.45) is 0 Å². The second kappa shape index (κ2) is 6.90. The Bertz CT molecular complexity index is 735. The number of benzene rings is 2. The van der Waals surface area contributed by atoms with Gasteiger partial charge in [-0.2, -0.15) is 5.10 Å². The molecule has 0 radical (unpaired) electrons. The summed E-state index contributed by atoms with van der Waals surface area (Å²) in [5, 5.41) is 11.2. The van der Waals surface area contributed by atoms with Crippen molar-refractivity contribution in [1.82, 2.24) is 10.2 Å². The average molecular weight is 302 g/mol. The van der Waals surface area contributed by atoms with E-state index in [1.165, 1.54) is 12.5 Å². The van der Waals surface area contributed by atoms with Crippen LogP contribution in [0.25, 0.3) is 10.9 Å². The van der Waals surface area contributed by atoms with E-state index in [0.717, 1.165) is 21.6 Å². The summed E-state index contributed by atoms with van der Waals surface area (Å²) in [6.07, 6.45) is 1.77. The van der Waals surface area contributed by atoms with Crippen LogP contribution in [0, 0.1) is 6.92 Å². The third-order valence-corrected chi connectivity index (χ3v) is 3.01. The van der Waals surface area contributed by atoms with Crippen LogP contribution in [0.5, 0.6) is 0 Å². The van der Waals surface area contributed by atoms with Gasteiger partial charge < -0.3 is 5.32 Å². The standard InChI is InChI=1S/C9H11NO.C7H5ClN2/c1-7-3-5-9(6-4-7)10-8(2)11;8-6-2-1-5-4-9-10-7(5)3-6/h3-6H,1-2H3,(H,10,11);1-4H,(H,9,10). The molecule has 0 unspecified atom stereocenters. The topological polar surface area (TPSA) is 57.8 Å². The lowest BCUT2D eigenvalue weighted by Gasteiger charge is -2.00. The maximum Gasteiger partial charge on any atom is 0.221 e. The molecule has 0 aliphatic rings. The SMILES string of the molecule is CC(=O)Nc1ccc(C)cc1.Clc1ccc2cn[nH]c2c1. The van der Waals surface area contributed by atoms with Gasteiger partial charge in [0.15, 0.2) is 0 Å². The van der Waals surface area contributed by atoms with E-state index < -0.39 is 0 Å². The van der Waals surface area contributed by atoms with E-state index in [2.05, 4.69) is 15.5 Å². The highest BCUT2D eigenvalue weighted by Gasteiger charge is 1.94. The van der Waals surface area contributed by atoms with Crippen molar-refractivity contribution in [1.29, 1.82) is 0 Å². The van der Waals surface area contributed by atoms with Gasteiger partial charge in [-0.1, -0.05) is 29.3 Å². The van der Waals surface area contributed by atoms with Crippen LogP contribution in [-0.4, -0.2) is 16.1 Å². The van der Waals surface area contributed by atoms with E-state index in [9.17, 15) is 4.79 Å². The molecule has 4 nitrogen and oxygen atoms in total. The molecule has 0 saturated carbocycles. The number of anilines is 1. The predicted octanol–water partition coefficient (Wildman–Crippen LogP) is 4.17. The van der Waals surface area contributed by atoms with Gasteiger partial charge in [0, 0.05) is 23.0 Å². The van der Waals surface area contributed by atoms with Crippen LogP contribution in [-0.2, 0) is 4.79 Å². The zero-order valence-corrected chi connectivity index (χ0v) is 12.6. The van der Waals surface area contributed by atoms with Crippen LogP contribution >= 0.6 is 11.6 Å². The largest absolute Gasteiger partial charge is 0.326 e. The summed E-state index contributed by atoms with van der Waals surface area (Å²) in [5.74, 6) is -0.0335. The van der Waals surface area contributed by atoms with Crippen molar-refractivity contribution in [2.45, 2.75) is 13.8 Å². The molecule has 0 aliphatic heterocycles. The number of fused-ring (bicyclic) bond motifs is 1. The number of carbonyl (C=O) groups excluding carboxylic acids is 1. The van der Waals surface area contributed by atoms with Crippen molar-refractivity contribution in [2.75, 3.05) is 5.32 Å². The normalized spacial score (nSPS) is 9.86. The first-order valence-electron chi connectivity index (χ1n) is 6.47. The van der Waals surface area contributed by atoms with E-state index >= 15 is 0 Å². The minimum absolute atomic E-state index is 0.0335. The van der Waals surface area contributed by atoms with Gasteiger partial charge in [0.05, 0.1) is 11.7 Å². The number of aryl methyl sites for hydroxylation is 1. The zero-order valence-electron chi connectivity index (χ0n) is 11.9. The fraction of sp³-hybridized carbons (Fsp3) is 0.125. The van der Waals surface area contributed by atoms with Crippen molar-refractivity contribution in [3.05, 3.63) is 59.2 Å². The molecule has 3 aromatic rings. The summed E-state index contributed by atoms with van der Waals surface area (Å²) >= 11 is 5.73. The quantitative estimate of drug-likeness (QED) is 0.708. The van der Waals surface area contributed by atoms with Crippen LogP contribution < -0.4 is 5.32 Å². The average Bonchev–Trinajstić information content (AvgIpc) is 2.89. The third kappa shape index (κ3) is 4.61. The lowest BCUT2D eigenvalue weighted by molar-refractivity contribution is -0.114. The Morgan fingerprint density at radius 2 is 1.90 bits per heavy atom. The number of nitrogens with one attached hydrogen (secondary N) is 2. The molecule has 1 heterocycles. The molecule has 0 aliphatic carbocycles. The number of halogens is 1. The van der Waals surface area contributed by atoms with E-state index in [-0.39, 0.29) is 5.91 Å². The molecule has 21 heavy (non-hydrogen) atoms. The van der Waals surface area contributed by atoms with E-state index in [1.54, 1.807) is 6.20 Å². The van der Waals surface area contributed by atoms with Gasteiger partial charge in [-0.15, -0.1) is 0 Å². The minimum atomic E-state index is -0.0335. The lowest BCUT2D eigenvalue weighted by atomic mass is 10.2. The summed E-state index contributed by atoms with van der Waals surface area (Å²) in [4.78, 5) is 10.6. The van der Waals surface area contributed by atoms with Gasteiger partial charge in [0.2, 0.25) is 5.91 Å². The van der Waals surface area contributed by atoms with Crippen LogP contribution in [0.4, 0.5) is 5.69 Å². The molecule has 1 aromatic heterocycles. The molecular formula is C16H16ClN3O. The van der Waals surface area contributed by atoms with Gasteiger partial charge in [-0.25, -0.2) is 0 Å². The first kappa shape index (κ1) is 15.1. The highest BCUT2D eigenvalue weighted by atomic mass is 35.5. The van der Waals surface area contributed by atoms with Gasteiger partial charge in [-0.05, 0) is 37.3 Å².